The third kappa shape index (κ3) is 5.54. The van der Waals surface area contributed by atoms with E-state index in [9.17, 15) is 0 Å². The summed E-state index contributed by atoms with van der Waals surface area (Å²) < 4.78 is 5.17. The van der Waals surface area contributed by atoms with Crippen LogP contribution in [0, 0.1) is 11.8 Å². The summed E-state index contributed by atoms with van der Waals surface area (Å²) in [7, 11) is 0. The molecule has 0 aromatic heterocycles. The molecule has 0 unspecified atom stereocenters. The van der Waals surface area contributed by atoms with E-state index >= 15 is 0 Å². The average Bonchev–Trinajstić information content (AvgIpc) is 2.01. The van der Waals surface area contributed by atoms with Crippen LogP contribution in [0.3, 0.4) is 0 Å². The molecule has 0 rings (SSSR count). The summed E-state index contributed by atoms with van der Waals surface area (Å²) in [6.45, 7) is 7.48. The van der Waals surface area contributed by atoms with E-state index < -0.39 is 0 Å². The lowest BCUT2D eigenvalue weighted by molar-refractivity contribution is 0.184. The molecule has 0 saturated carbocycles. The molecule has 0 aromatic carbocycles. The van der Waals surface area contributed by atoms with Crippen molar-refractivity contribution in [3.63, 3.8) is 0 Å². The van der Waals surface area contributed by atoms with Gasteiger partial charge in [-0.1, -0.05) is 25.8 Å². The molecular formula is C10H16O. The zero-order chi connectivity index (χ0) is 8.53. The highest BCUT2D eigenvalue weighted by Gasteiger charge is 2.00. The lowest BCUT2D eigenvalue weighted by atomic mass is 10.2. The third-order valence-corrected chi connectivity index (χ3v) is 1.39. The van der Waals surface area contributed by atoms with E-state index in [0.717, 1.165) is 12.8 Å². The molecule has 0 fully saturated rings. The lowest BCUT2D eigenvalue weighted by Crippen LogP contribution is -2.05. The Hall–Kier alpha value is -0.900. The Kier molecular flexibility index (Phi) is 6.62. The highest BCUT2D eigenvalue weighted by molar-refractivity contribution is 5.02. The van der Waals surface area contributed by atoms with E-state index in [1.54, 1.807) is 0 Å². The largest absolute Gasteiger partial charge is 0.486 e. The molecule has 1 atom stereocenters. The van der Waals surface area contributed by atoms with Gasteiger partial charge in [-0.15, -0.1) is 5.92 Å². The summed E-state index contributed by atoms with van der Waals surface area (Å²) in [4.78, 5) is 0. The normalized spacial score (nSPS) is 11.1. The van der Waals surface area contributed by atoms with Crippen LogP contribution in [0.2, 0.25) is 0 Å². The summed E-state index contributed by atoms with van der Waals surface area (Å²) in [5, 5.41) is 0. The Balaban J connectivity index is 3.65. The summed E-state index contributed by atoms with van der Waals surface area (Å²) in [6.07, 6.45) is 4.86. The van der Waals surface area contributed by atoms with E-state index in [-0.39, 0.29) is 6.10 Å². The van der Waals surface area contributed by atoms with Crippen LogP contribution in [-0.2, 0) is 4.74 Å². The number of ether oxygens (including phenoxy) is 1. The molecule has 0 aliphatic rings. The van der Waals surface area contributed by atoms with Crippen molar-refractivity contribution in [2.45, 2.75) is 39.2 Å². The summed E-state index contributed by atoms with van der Waals surface area (Å²) in [6, 6.07) is 0. The minimum atomic E-state index is 0.0532. The molecule has 0 N–H and O–H groups in total. The first-order chi connectivity index (χ1) is 5.35. The number of rotatable bonds is 5. The molecule has 0 spiro atoms. The van der Waals surface area contributed by atoms with Crippen LogP contribution in [-0.4, -0.2) is 6.10 Å². The summed E-state index contributed by atoms with van der Waals surface area (Å²) in [5.74, 6) is 5.81. The number of unbranched alkanes of at least 4 members (excludes halogenated alkanes) is 1. The van der Waals surface area contributed by atoms with Crippen molar-refractivity contribution in [2.24, 2.45) is 0 Å². The molecule has 0 amide bonds. The summed E-state index contributed by atoms with van der Waals surface area (Å²) in [5.41, 5.74) is 0. The second-order valence-corrected chi connectivity index (χ2v) is 2.33. The highest BCUT2D eigenvalue weighted by Crippen LogP contribution is 2.03. The van der Waals surface area contributed by atoms with Gasteiger partial charge in [-0.25, -0.2) is 0 Å². The van der Waals surface area contributed by atoms with Crippen LogP contribution in [0.1, 0.15) is 33.1 Å². The first-order valence-corrected chi connectivity index (χ1v) is 4.03. The Morgan fingerprint density at radius 2 is 2.36 bits per heavy atom. The fourth-order valence-corrected chi connectivity index (χ4v) is 0.841. The van der Waals surface area contributed by atoms with Gasteiger partial charge in [0.1, 0.15) is 0 Å². The molecule has 0 bridgehead atoms. The van der Waals surface area contributed by atoms with Crippen LogP contribution in [0.4, 0.5) is 0 Å². The first-order valence-electron chi connectivity index (χ1n) is 4.03. The Bertz CT molecular complexity index is 150. The molecule has 0 radical (unpaired) electrons. The number of hydrogen-bond acceptors (Lipinski definition) is 1. The first kappa shape index (κ1) is 10.1. The summed E-state index contributed by atoms with van der Waals surface area (Å²) >= 11 is 0. The van der Waals surface area contributed by atoms with Gasteiger partial charge in [-0.2, -0.15) is 0 Å². The maximum Gasteiger partial charge on any atom is 0.158 e. The Morgan fingerprint density at radius 1 is 1.64 bits per heavy atom. The zero-order valence-corrected chi connectivity index (χ0v) is 7.39. The predicted molar refractivity (Wildman–Crippen MR) is 48.0 cm³/mol. The van der Waals surface area contributed by atoms with Crippen LogP contribution in [0.5, 0.6) is 0 Å². The SMILES string of the molecule is C=CO[C@@H](C#CC)CCCC. The van der Waals surface area contributed by atoms with Crippen LogP contribution >= 0.6 is 0 Å². The van der Waals surface area contributed by atoms with Crippen molar-refractivity contribution in [3.8, 4) is 11.8 Å². The van der Waals surface area contributed by atoms with Gasteiger partial charge in [-0.3, -0.25) is 0 Å². The van der Waals surface area contributed by atoms with Gasteiger partial charge in [-0.05, 0) is 19.8 Å². The maximum absolute atomic E-state index is 5.17. The van der Waals surface area contributed by atoms with E-state index in [2.05, 4.69) is 25.3 Å². The maximum atomic E-state index is 5.17. The smallest absolute Gasteiger partial charge is 0.158 e. The average molecular weight is 152 g/mol. The monoisotopic (exact) mass is 152 g/mol. The second-order valence-electron chi connectivity index (χ2n) is 2.33. The van der Waals surface area contributed by atoms with Gasteiger partial charge in [0.2, 0.25) is 0 Å². The fraction of sp³-hybridized carbons (Fsp3) is 0.600. The van der Waals surface area contributed by atoms with E-state index in [0.29, 0.717) is 0 Å². The van der Waals surface area contributed by atoms with Crippen molar-refractivity contribution in [3.05, 3.63) is 12.8 Å². The molecule has 0 aliphatic heterocycles. The fourth-order valence-electron chi connectivity index (χ4n) is 0.841. The Morgan fingerprint density at radius 3 is 2.82 bits per heavy atom. The van der Waals surface area contributed by atoms with Crippen LogP contribution < -0.4 is 0 Å². The molecule has 1 nitrogen and oxygen atoms in total. The molecule has 0 aromatic rings. The van der Waals surface area contributed by atoms with E-state index in [1.807, 2.05) is 6.92 Å². The lowest BCUT2D eigenvalue weighted by Gasteiger charge is -2.08. The molecular weight excluding hydrogens is 136 g/mol. The molecule has 0 saturated heterocycles. The molecule has 1 heteroatoms. The van der Waals surface area contributed by atoms with Crippen molar-refractivity contribution in [1.29, 1.82) is 0 Å². The van der Waals surface area contributed by atoms with Gasteiger partial charge >= 0.3 is 0 Å². The van der Waals surface area contributed by atoms with E-state index in [4.69, 9.17) is 4.74 Å². The predicted octanol–water partition coefficient (Wildman–Crippen LogP) is 2.73. The van der Waals surface area contributed by atoms with Crippen LogP contribution in [0.15, 0.2) is 12.8 Å². The van der Waals surface area contributed by atoms with Crippen molar-refractivity contribution in [2.75, 3.05) is 0 Å². The van der Waals surface area contributed by atoms with Crippen molar-refractivity contribution < 1.29 is 4.74 Å². The van der Waals surface area contributed by atoms with Gasteiger partial charge < -0.3 is 4.74 Å². The molecule has 0 heterocycles. The second kappa shape index (κ2) is 7.21. The van der Waals surface area contributed by atoms with E-state index in [1.165, 1.54) is 12.7 Å². The van der Waals surface area contributed by atoms with Gasteiger partial charge in [0.05, 0.1) is 6.26 Å². The molecule has 11 heavy (non-hydrogen) atoms. The molecule has 0 aliphatic carbocycles. The number of hydrogen-bond donors (Lipinski definition) is 0. The minimum absolute atomic E-state index is 0.0532. The van der Waals surface area contributed by atoms with Gasteiger partial charge in [0.25, 0.3) is 0 Å². The minimum Gasteiger partial charge on any atom is -0.486 e. The Labute approximate surface area is 69.4 Å². The van der Waals surface area contributed by atoms with Crippen LogP contribution in [0.25, 0.3) is 0 Å². The van der Waals surface area contributed by atoms with Crippen molar-refractivity contribution in [1.82, 2.24) is 0 Å². The third-order valence-electron chi connectivity index (χ3n) is 1.39. The quantitative estimate of drug-likeness (QED) is 0.435. The zero-order valence-electron chi connectivity index (χ0n) is 7.39. The standard InChI is InChI=1S/C10H16O/c1-4-7-9-10(8-5-2)11-6-3/h6,10H,3-4,7,9H2,1-2H3/t10-/m0/s1. The highest BCUT2D eigenvalue weighted by atomic mass is 16.5. The van der Waals surface area contributed by atoms with Crippen molar-refractivity contribution >= 4 is 0 Å². The van der Waals surface area contributed by atoms with Gasteiger partial charge in [0.15, 0.2) is 6.10 Å². The topological polar surface area (TPSA) is 9.23 Å². The van der Waals surface area contributed by atoms with Gasteiger partial charge in [0, 0.05) is 0 Å². The molecule has 62 valence electrons.